The number of likely N-dealkylation sites (N-methyl/N-ethyl adjacent to an activating group) is 1. The van der Waals surface area contributed by atoms with Gasteiger partial charge in [0.2, 0.25) is 0 Å². The van der Waals surface area contributed by atoms with E-state index in [1.54, 1.807) is 7.11 Å². The summed E-state index contributed by atoms with van der Waals surface area (Å²) < 4.78 is 9.71. The van der Waals surface area contributed by atoms with Crippen LogP contribution >= 0.6 is 0 Å². The molecule has 0 radical (unpaired) electrons. The molecular formula is C12H18N2O3. The molecule has 5 nitrogen and oxygen atoms in total. The molecule has 17 heavy (non-hydrogen) atoms. The van der Waals surface area contributed by atoms with Gasteiger partial charge in [-0.1, -0.05) is 6.07 Å². The van der Waals surface area contributed by atoms with Gasteiger partial charge in [-0.3, -0.25) is 4.79 Å². The number of esters is 1. The quantitative estimate of drug-likeness (QED) is 0.762. The number of methoxy groups -OCH3 is 2. The minimum Gasteiger partial charge on any atom is -0.497 e. The predicted molar refractivity (Wildman–Crippen MR) is 66.3 cm³/mol. The van der Waals surface area contributed by atoms with E-state index in [2.05, 4.69) is 4.74 Å². The Labute approximate surface area is 101 Å². The molecule has 94 valence electrons. The van der Waals surface area contributed by atoms with Gasteiger partial charge in [-0.2, -0.15) is 0 Å². The van der Waals surface area contributed by atoms with E-state index >= 15 is 0 Å². The highest BCUT2D eigenvalue weighted by molar-refractivity contribution is 5.76. The van der Waals surface area contributed by atoms with E-state index in [-0.39, 0.29) is 0 Å². The smallest absolute Gasteiger partial charge is 0.324 e. The Morgan fingerprint density at radius 2 is 2.18 bits per heavy atom. The lowest BCUT2D eigenvalue weighted by molar-refractivity contribution is -0.141. The number of nitrogens with zero attached hydrogens (tertiary/aromatic N) is 1. The normalized spacial score (nSPS) is 11.8. The summed E-state index contributed by atoms with van der Waals surface area (Å²) in [6.07, 6.45) is 0. The molecule has 1 atom stereocenters. The third-order valence-corrected chi connectivity index (χ3v) is 2.47. The van der Waals surface area contributed by atoms with Crippen LogP contribution in [0.5, 0.6) is 5.75 Å². The van der Waals surface area contributed by atoms with E-state index < -0.39 is 12.0 Å². The van der Waals surface area contributed by atoms with Crippen molar-refractivity contribution in [2.24, 2.45) is 5.73 Å². The fourth-order valence-electron chi connectivity index (χ4n) is 1.47. The third-order valence-electron chi connectivity index (χ3n) is 2.47. The number of benzene rings is 1. The first-order chi connectivity index (χ1) is 8.08. The van der Waals surface area contributed by atoms with Crippen LogP contribution in [0.4, 0.5) is 5.69 Å². The van der Waals surface area contributed by atoms with Gasteiger partial charge >= 0.3 is 5.97 Å². The molecule has 0 aliphatic heterocycles. The summed E-state index contributed by atoms with van der Waals surface area (Å²) in [7, 11) is 4.80. The number of rotatable bonds is 5. The molecule has 0 amide bonds. The summed E-state index contributed by atoms with van der Waals surface area (Å²) in [5.74, 6) is 0.348. The molecule has 1 aromatic carbocycles. The lowest BCUT2D eigenvalue weighted by Crippen LogP contribution is -2.42. The van der Waals surface area contributed by atoms with Crippen molar-refractivity contribution in [3.63, 3.8) is 0 Å². The first kappa shape index (κ1) is 13.3. The molecule has 0 aliphatic carbocycles. The summed E-state index contributed by atoms with van der Waals surface area (Å²) in [4.78, 5) is 13.1. The van der Waals surface area contributed by atoms with Crippen molar-refractivity contribution in [1.29, 1.82) is 0 Å². The molecular weight excluding hydrogens is 220 g/mol. The molecule has 0 saturated carbocycles. The molecule has 0 spiro atoms. The molecule has 1 aromatic rings. The summed E-state index contributed by atoms with van der Waals surface area (Å²) in [6.45, 7) is 0.389. The fourth-order valence-corrected chi connectivity index (χ4v) is 1.47. The van der Waals surface area contributed by atoms with Crippen LogP contribution in [-0.2, 0) is 9.53 Å². The predicted octanol–water partition coefficient (Wildman–Crippen LogP) is 0.632. The van der Waals surface area contributed by atoms with Crippen molar-refractivity contribution < 1.29 is 14.3 Å². The fraction of sp³-hybridized carbons (Fsp3) is 0.417. The molecule has 1 unspecified atom stereocenters. The van der Waals surface area contributed by atoms with E-state index in [1.165, 1.54) is 7.11 Å². The molecule has 0 saturated heterocycles. The van der Waals surface area contributed by atoms with Crippen molar-refractivity contribution in [2.45, 2.75) is 6.04 Å². The summed E-state index contributed by atoms with van der Waals surface area (Å²) in [6, 6.07) is 6.89. The Morgan fingerprint density at radius 3 is 2.76 bits per heavy atom. The van der Waals surface area contributed by atoms with Gasteiger partial charge in [0.15, 0.2) is 0 Å². The third kappa shape index (κ3) is 3.64. The Balaban J connectivity index is 2.68. The molecule has 2 N–H and O–H groups in total. The van der Waals surface area contributed by atoms with Crippen LogP contribution in [0.2, 0.25) is 0 Å². The second-order valence-corrected chi connectivity index (χ2v) is 3.71. The maximum atomic E-state index is 11.2. The average molecular weight is 238 g/mol. The molecule has 0 aromatic heterocycles. The van der Waals surface area contributed by atoms with E-state index in [9.17, 15) is 4.79 Å². The lowest BCUT2D eigenvalue weighted by atomic mass is 10.2. The standard InChI is InChI=1S/C12H18N2O3/c1-14(8-11(13)12(15)17-3)9-5-4-6-10(7-9)16-2/h4-7,11H,8,13H2,1-3H3. The van der Waals surface area contributed by atoms with Gasteiger partial charge in [0.25, 0.3) is 0 Å². The van der Waals surface area contributed by atoms with Crippen LogP contribution in [0.1, 0.15) is 0 Å². The zero-order chi connectivity index (χ0) is 12.8. The van der Waals surface area contributed by atoms with Crippen molar-refractivity contribution in [3.8, 4) is 5.75 Å². The zero-order valence-corrected chi connectivity index (χ0v) is 10.3. The van der Waals surface area contributed by atoms with Crippen LogP contribution in [0.3, 0.4) is 0 Å². The number of hydrogen-bond acceptors (Lipinski definition) is 5. The van der Waals surface area contributed by atoms with E-state index in [4.69, 9.17) is 10.5 Å². The topological polar surface area (TPSA) is 64.8 Å². The minimum absolute atomic E-state index is 0.389. The largest absolute Gasteiger partial charge is 0.497 e. The summed E-state index contributed by atoms with van der Waals surface area (Å²) in [5.41, 5.74) is 6.62. The van der Waals surface area contributed by atoms with Gasteiger partial charge in [-0.25, -0.2) is 0 Å². The second kappa shape index (κ2) is 6.10. The van der Waals surface area contributed by atoms with Crippen molar-refractivity contribution in [3.05, 3.63) is 24.3 Å². The van der Waals surface area contributed by atoms with Gasteiger partial charge < -0.3 is 20.1 Å². The van der Waals surface area contributed by atoms with Gasteiger partial charge in [0.1, 0.15) is 11.8 Å². The van der Waals surface area contributed by atoms with Crippen molar-refractivity contribution in [2.75, 3.05) is 32.7 Å². The molecule has 0 bridgehead atoms. The monoisotopic (exact) mass is 238 g/mol. The second-order valence-electron chi connectivity index (χ2n) is 3.71. The minimum atomic E-state index is -0.656. The van der Waals surface area contributed by atoms with E-state index in [0.717, 1.165) is 11.4 Å². The SMILES string of the molecule is COC(=O)C(N)CN(C)c1cccc(OC)c1. The highest BCUT2D eigenvalue weighted by Crippen LogP contribution is 2.19. The highest BCUT2D eigenvalue weighted by atomic mass is 16.5. The lowest BCUT2D eigenvalue weighted by Gasteiger charge is -2.22. The van der Waals surface area contributed by atoms with Crippen LogP contribution < -0.4 is 15.4 Å². The highest BCUT2D eigenvalue weighted by Gasteiger charge is 2.16. The number of hydrogen-bond donors (Lipinski definition) is 1. The number of anilines is 1. The Morgan fingerprint density at radius 1 is 1.47 bits per heavy atom. The first-order valence-electron chi connectivity index (χ1n) is 5.27. The molecule has 1 rings (SSSR count). The zero-order valence-electron chi connectivity index (χ0n) is 10.3. The molecule has 0 fully saturated rings. The van der Waals surface area contributed by atoms with Gasteiger partial charge in [-0.15, -0.1) is 0 Å². The van der Waals surface area contributed by atoms with Crippen LogP contribution in [0.15, 0.2) is 24.3 Å². The number of nitrogens with two attached hydrogens (primary N) is 1. The van der Waals surface area contributed by atoms with Crippen LogP contribution in [-0.4, -0.2) is 39.8 Å². The Hall–Kier alpha value is -1.75. The van der Waals surface area contributed by atoms with Crippen molar-refractivity contribution in [1.82, 2.24) is 0 Å². The number of carbonyl (C=O) groups is 1. The molecule has 0 aliphatic rings. The molecule has 0 heterocycles. The van der Waals surface area contributed by atoms with Crippen molar-refractivity contribution >= 4 is 11.7 Å². The van der Waals surface area contributed by atoms with Crippen LogP contribution in [0.25, 0.3) is 0 Å². The van der Waals surface area contributed by atoms with E-state index in [0.29, 0.717) is 6.54 Å². The maximum Gasteiger partial charge on any atom is 0.324 e. The Kier molecular flexibility index (Phi) is 4.78. The van der Waals surface area contributed by atoms with E-state index in [1.807, 2.05) is 36.2 Å². The summed E-state index contributed by atoms with van der Waals surface area (Å²) in [5, 5.41) is 0. The number of carbonyl (C=O) groups excluding carboxylic acids is 1. The first-order valence-corrected chi connectivity index (χ1v) is 5.27. The number of ether oxygens (including phenoxy) is 2. The Bertz CT molecular complexity index is 382. The van der Waals surface area contributed by atoms with Gasteiger partial charge in [0.05, 0.1) is 14.2 Å². The van der Waals surface area contributed by atoms with Gasteiger partial charge in [-0.05, 0) is 12.1 Å². The molecule has 5 heteroatoms. The average Bonchev–Trinajstić information content (AvgIpc) is 2.37. The van der Waals surface area contributed by atoms with Crippen LogP contribution in [0, 0.1) is 0 Å². The van der Waals surface area contributed by atoms with Gasteiger partial charge in [0, 0.05) is 25.3 Å². The summed E-state index contributed by atoms with van der Waals surface area (Å²) >= 11 is 0. The maximum absolute atomic E-state index is 11.2.